The van der Waals surface area contributed by atoms with Gasteiger partial charge in [-0.15, -0.1) is 0 Å². The van der Waals surface area contributed by atoms with Gasteiger partial charge in [-0.2, -0.15) is 0 Å². The number of carbonyl (C=O) groups is 1. The fraction of sp³-hybridized carbons (Fsp3) is 0.286. The number of rotatable bonds is 5. The van der Waals surface area contributed by atoms with Crippen LogP contribution in [0.25, 0.3) is 11.5 Å². The van der Waals surface area contributed by atoms with Crippen molar-refractivity contribution in [1.29, 1.82) is 0 Å². The SMILES string of the molecule is CCCCc1ccc(-c2nc(C(=O)O)co2)cc1. The fourth-order valence-corrected chi connectivity index (χ4v) is 1.70. The second-order valence-corrected chi connectivity index (χ2v) is 4.14. The van der Waals surface area contributed by atoms with Crippen molar-refractivity contribution in [3.05, 3.63) is 41.8 Å². The molecule has 1 N–H and O–H groups in total. The van der Waals surface area contributed by atoms with Crippen molar-refractivity contribution in [3.63, 3.8) is 0 Å². The van der Waals surface area contributed by atoms with Crippen LogP contribution in [0.3, 0.4) is 0 Å². The van der Waals surface area contributed by atoms with E-state index < -0.39 is 5.97 Å². The van der Waals surface area contributed by atoms with Crippen LogP contribution in [-0.2, 0) is 6.42 Å². The molecule has 1 aromatic heterocycles. The Morgan fingerprint density at radius 2 is 2.06 bits per heavy atom. The first kappa shape index (κ1) is 12.4. The summed E-state index contributed by atoms with van der Waals surface area (Å²) < 4.78 is 5.14. The molecule has 0 bridgehead atoms. The van der Waals surface area contributed by atoms with E-state index in [-0.39, 0.29) is 5.69 Å². The molecule has 0 unspecified atom stereocenters. The Morgan fingerprint density at radius 1 is 1.33 bits per heavy atom. The minimum Gasteiger partial charge on any atom is -0.476 e. The van der Waals surface area contributed by atoms with Crippen molar-refractivity contribution in [2.24, 2.45) is 0 Å². The average Bonchev–Trinajstić information content (AvgIpc) is 2.87. The lowest BCUT2D eigenvalue weighted by atomic mass is 10.1. The van der Waals surface area contributed by atoms with Crippen LogP contribution in [-0.4, -0.2) is 16.1 Å². The monoisotopic (exact) mass is 245 g/mol. The van der Waals surface area contributed by atoms with Gasteiger partial charge >= 0.3 is 5.97 Å². The lowest BCUT2D eigenvalue weighted by Gasteiger charge is -2.00. The molecule has 0 atom stereocenters. The first-order chi connectivity index (χ1) is 8.70. The van der Waals surface area contributed by atoms with Gasteiger partial charge in [0, 0.05) is 5.56 Å². The Kier molecular flexibility index (Phi) is 3.77. The largest absolute Gasteiger partial charge is 0.476 e. The molecule has 4 heteroatoms. The zero-order valence-electron chi connectivity index (χ0n) is 10.2. The number of unbranched alkanes of at least 4 members (excludes halogenated alkanes) is 1. The van der Waals surface area contributed by atoms with E-state index >= 15 is 0 Å². The molecule has 0 aliphatic carbocycles. The lowest BCUT2D eigenvalue weighted by Crippen LogP contribution is -1.95. The summed E-state index contributed by atoms with van der Waals surface area (Å²) in [5.74, 6) is -0.737. The van der Waals surface area contributed by atoms with Gasteiger partial charge in [0.05, 0.1) is 0 Å². The molecule has 2 rings (SSSR count). The number of benzene rings is 1. The van der Waals surface area contributed by atoms with E-state index in [2.05, 4.69) is 11.9 Å². The molecule has 94 valence electrons. The third kappa shape index (κ3) is 2.77. The zero-order chi connectivity index (χ0) is 13.0. The van der Waals surface area contributed by atoms with Crippen LogP contribution in [0.1, 0.15) is 35.8 Å². The highest BCUT2D eigenvalue weighted by Gasteiger charge is 2.11. The fourth-order valence-electron chi connectivity index (χ4n) is 1.70. The number of hydrogen-bond acceptors (Lipinski definition) is 3. The number of oxazole rings is 1. The van der Waals surface area contributed by atoms with Crippen LogP contribution in [0.5, 0.6) is 0 Å². The third-order valence-corrected chi connectivity index (χ3v) is 2.74. The molecule has 0 saturated carbocycles. The minimum absolute atomic E-state index is 0.0694. The molecule has 0 aliphatic rings. The Hall–Kier alpha value is -2.10. The molecule has 0 fully saturated rings. The van der Waals surface area contributed by atoms with Crippen LogP contribution in [0, 0.1) is 0 Å². The summed E-state index contributed by atoms with van der Waals surface area (Å²) in [6.07, 6.45) is 4.55. The summed E-state index contributed by atoms with van der Waals surface area (Å²) in [5.41, 5.74) is 1.99. The van der Waals surface area contributed by atoms with E-state index in [9.17, 15) is 4.79 Å². The predicted octanol–water partition coefficient (Wildman–Crippen LogP) is 3.38. The average molecular weight is 245 g/mol. The maximum Gasteiger partial charge on any atom is 0.357 e. The van der Waals surface area contributed by atoms with E-state index in [0.29, 0.717) is 5.89 Å². The van der Waals surface area contributed by atoms with Gasteiger partial charge in [-0.05, 0) is 30.5 Å². The zero-order valence-corrected chi connectivity index (χ0v) is 10.2. The number of aromatic carboxylic acids is 1. The Bertz CT molecular complexity index is 528. The van der Waals surface area contributed by atoms with Gasteiger partial charge in [0.1, 0.15) is 6.26 Å². The normalized spacial score (nSPS) is 10.5. The Balaban J connectivity index is 2.15. The molecule has 1 aromatic carbocycles. The Morgan fingerprint density at radius 3 is 2.61 bits per heavy atom. The molecule has 0 aliphatic heterocycles. The first-order valence-corrected chi connectivity index (χ1v) is 5.99. The number of aryl methyl sites for hydroxylation is 1. The second kappa shape index (κ2) is 5.49. The van der Waals surface area contributed by atoms with E-state index in [1.807, 2.05) is 24.3 Å². The molecule has 18 heavy (non-hydrogen) atoms. The summed E-state index contributed by atoms with van der Waals surface area (Å²) in [4.78, 5) is 14.6. The topological polar surface area (TPSA) is 63.3 Å². The quantitative estimate of drug-likeness (QED) is 0.877. The van der Waals surface area contributed by atoms with E-state index in [4.69, 9.17) is 9.52 Å². The highest BCUT2D eigenvalue weighted by molar-refractivity contribution is 5.85. The van der Waals surface area contributed by atoms with Crippen LogP contribution >= 0.6 is 0 Å². The van der Waals surface area contributed by atoms with E-state index in [1.165, 1.54) is 18.4 Å². The van der Waals surface area contributed by atoms with Gasteiger partial charge < -0.3 is 9.52 Å². The van der Waals surface area contributed by atoms with Gasteiger partial charge in [0.2, 0.25) is 5.89 Å². The third-order valence-electron chi connectivity index (χ3n) is 2.74. The minimum atomic E-state index is -1.08. The standard InChI is InChI=1S/C14H15NO3/c1-2-3-4-10-5-7-11(8-6-10)13-15-12(9-18-13)14(16)17/h5-9H,2-4H2,1H3,(H,16,17). The van der Waals surface area contributed by atoms with Crippen LogP contribution in [0.4, 0.5) is 0 Å². The van der Waals surface area contributed by atoms with Gasteiger partial charge in [0.25, 0.3) is 0 Å². The number of hydrogen-bond donors (Lipinski definition) is 1. The Labute approximate surface area is 105 Å². The van der Waals surface area contributed by atoms with E-state index in [0.717, 1.165) is 18.2 Å². The molecular formula is C14H15NO3. The smallest absolute Gasteiger partial charge is 0.357 e. The molecule has 1 heterocycles. The molecular weight excluding hydrogens is 230 g/mol. The van der Waals surface area contributed by atoms with Crippen molar-refractivity contribution < 1.29 is 14.3 Å². The second-order valence-electron chi connectivity index (χ2n) is 4.14. The number of carboxylic acids is 1. The van der Waals surface area contributed by atoms with E-state index in [1.54, 1.807) is 0 Å². The van der Waals surface area contributed by atoms with Crippen molar-refractivity contribution in [2.45, 2.75) is 26.2 Å². The predicted molar refractivity (Wildman–Crippen MR) is 67.5 cm³/mol. The highest BCUT2D eigenvalue weighted by Crippen LogP contribution is 2.19. The summed E-state index contributed by atoms with van der Waals surface area (Å²) in [6.45, 7) is 2.16. The lowest BCUT2D eigenvalue weighted by molar-refractivity contribution is 0.0690. The summed E-state index contributed by atoms with van der Waals surface area (Å²) in [7, 11) is 0. The van der Waals surface area contributed by atoms with Gasteiger partial charge in [-0.1, -0.05) is 25.5 Å². The summed E-state index contributed by atoms with van der Waals surface area (Å²) in [5, 5.41) is 8.76. The number of aromatic nitrogens is 1. The van der Waals surface area contributed by atoms with Crippen LogP contribution < -0.4 is 0 Å². The maximum absolute atomic E-state index is 10.7. The number of nitrogens with zero attached hydrogens (tertiary/aromatic N) is 1. The molecule has 2 aromatic rings. The van der Waals surface area contributed by atoms with Gasteiger partial charge in [0.15, 0.2) is 5.69 Å². The molecule has 0 spiro atoms. The summed E-state index contributed by atoms with van der Waals surface area (Å²) >= 11 is 0. The van der Waals surface area contributed by atoms with Crippen molar-refractivity contribution >= 4 is 5.97 Å². The maximum atomic E-state index is 10.7. The number of carboxylic acid groups (broad SMARTS) is 1. The van der Waals surface area contributed by atoms with Gasteiger partial charge in [-0.3, -0.25) is 0 Å². The van der Waals surface area contributed by atoms with Crippen molar-refractivity contribution in [3.8, 4) is 11.5 Å². The van der Waals surface area contributed by atoms with Crippen molar-refractivity contribution in [1.82, 2.24) is 4.98 Å². The first-order valence-electron chi connectivity index (χ1n) is 5.99. The molecule has 0 saturated heterocycles. The van der Waals surface area contributed by atoms with Crippen LogP contribution in [0.2, 0.25) is 0 Å². The van der Waals surface area contributed by atoms with Gasteiger partial charge in [-0.25, -0.2) is 9.78 Å². The van der Waals surface area contributed by atoms with Crippen LogP contribution in [0.15, 0.2) is 34.9 Å². The molecule has 4 nitrogen and oxygen atoms in total. The molecule has 0 radical (unpaired) electrons. The highest BCUT2D eigenvalue weighted by atomic mass is 16.4. The summed E-state index contributed by atoms with van der Waals surface area (Å²) in [6, 6.07) is 7.86. The van der Waals surface area contributed by atoms with Crippen molar-refractivity contribution in [2.75, 3.05) is 0 Å². The molecule has 0 amide bonds.